The van der Waals surface area contributed by atoms with Crippen LogP contribution >= 0.6 is 0 Å². The summed E-state index contributed by atoms with van der Waals surface area (Å²) in [7, 11) is 1.99. The smallest absolute Gasteiger partial charge is 0.127 e. The monoisotopic (exact) mass is 244 g/mol. The summed E-state index contributed by atoms with van der Waals surface area (Å²) in [4.78, 5) is 4.40. The van der Waals surface area contributed by atoms with Crippen LogP contribution < -0.4 is 11.3 Å². The summed E-state index contributed by atoms with van der Waals surface area (Å²) in [5.74, 6) is 7.03. The molecule has 0 fully saturated rings. The highest BCUT2D eigenvalue weighted by molar-refractivity contribution is 5.23. The zero-order valence-electron chi connectivity index (χ0n) is 10.9. The molecule has 0 saturated carbocycles. The average Bonchev–Trinajstić information content (AvgIpc) is 2.83. The van der Waals surface area contributed by atoms with Crippen LogP contribution in [0.1, 0.15) is 36.7 Å². The van der Waals surface area contributed by atoms with Gasteiger partial charge in [0.05, 0.1) is 6.04 Å². The number of imidazole rings is 1. The highest BCUT2D eigenvalue weighted by Gasteiger charge is 2.25. The van der Waals surface area contributed by atoms with Gasteiger partial charge in [-0.15, -0.1) is 0 Å². The first-order valence-electron chi connectivity index (χ1n) is 6.26. The highest BCUT2D eigenvalue weighted by atomic mass is 15.3. The lowest BCUT2D eigenvalue weighted by Crippen LogP contribution is -2.34. The molecule has 0 aliphatic heterocycles. The first-order valence-corrected chi connectivity index (χ1v) is 6.26. The van der Waals surface area contributed by atoms with Crippen LogP contribution in [0.15, 0.2) is 42.7 Å². The van der Waals surface area contributed by atoms with Crippen molar-refractivity contribution in [2.24, 2.45) is 12.9 Å². The Bertz CT molecular complexity index is 478. The fourth-order valence-electron chi connectivity index (χ4n) is 2.41. The molecule has 0 saturated heterocycles. The number of nitrogens with zero attached hydrogens (tertiary/aromatic N) is 2. The van der Waals surface area contributed by atoms with Crippen molar-refractivity contribution in [2.75, 3.05) is 0 Å². The minimum Gasteiger partial charge on any atom is -0.337 e. The second kappa shape index (κ2) is 5.80. The second-order valence-electron chi connectivity index (χ2n) is 4.47. The van der Waals surface area contributed by atoms with E-state index in [2.05, 4.69) is 41.6 Å². The number of nitrogens with one attached hydrogen (secondary N) is 1. The van der Waals surface area contributed by atoms with E-state index in [9.17, 15) is 0 Å². The Morgan fingerprint density at radius 2 is 2.06 bits per heavy atom. The number of aromatic nitrogens is 2. The molecule has 0 aliphatic rings. The molecule has 2 aromatic rings. The van der Waals surface area contributed by atoms with E-state index in [4.69, 9.17) is 5.84 Å². The quantitative estimate of drug-likeness (QED) is 0.625. The summed E-state index contributed by atoms with van der Waals surface area (Å²) in [5, 5.41) is 0. The molecule has 4 nitrogen and oxygen atoms in total. The number of aryl methyl sites for hydroxylation is 1. The van der Waals surface area contributed by atoms with E-state index >= 15 is 0 Å². The number of rotatable bonds is 5. The third-order valence-electron chi connectivity index (χ3n) is 3.39. The highest BCUT2D eigenvalue weighted by Crippen LogP contribution is 2.31. The summed E-state index contributed by atoms with van der Waals surface area (Å²) in [6.45, 7) is 2.17. The molecule has 0 spiro atoms. The zero-order valence-corrected chi connectivity index (χ0v) is 10.9. The summed E-state index contributed by atoms with van der Waals surface area (Å²) >= 11 is 0. The van der Waals surface area contributed by atoms with Crippen LogP contribution in [0.4, 0.5) is 0 Å². The molecule has 0 radical (unpaired) electrons. The Balaban J connectivity index is 2.34. The summed E-state index contributed by atoms with van der Waals surface area (Å²) in [6, 6.07) is 10.5. The maximum absolute atomic E-state index is 5.74. The maximum atomic E-state index is 5.74. The molecule has 3 N–H and O–H groups in total. The van der Waals surface area contributed by atoms with Crippen LogP contribution in [-0.2, 0) is 7.05 Å². The number of hydrogen-bond acceptors (Lipinski definition) is 3. The minimum atomic E-state index is 0.0254. The predicted octanol–water partition coefficient (Wildman–Crippen LogP) is 2.12. The van der Waals surface area contributed by atoms with Gasteiger partial charge in [0.15, 0.2) is 0 Å². The van der Waals surface area contributed by atoms with Crippen molar-refractivity contribution in [3.8, 4) is 0 Å². The molecular weight excluding hydrogens is 224 g/mol. The molecule has 2 rings (SSSR count). The van der Waals surface area contributed by atoms with E-state index in [0.717, 1.165) is 12.2 Å². The van der Waals surface area contributed by atoms with Crippen LogP contribution in [0.25, 0.3) is 0 Å². The van der Waals surface area contributed by atoms with Crippen molar-refractivity contribution < 1.29 is 0 Å². The van der Waals surface area contributed by atoms with Gasteiger partial charge in [-0.1, -0.05) is 37.3 Å². The average molecular weight is 244 g/mol. The number of benzene rings is 1. The topological polar surface area (TPSA) is 55.9 Å². The Morgan fingerprint density at radius 1 is 1.33 bits per heavy atom. The minimum absolute atomic E-state index is 0.0254. The van der Waals surface area contributed by atoms with Gasteiger partial charge in [0, 0.05) is 25.4 Å². The van der Waals surface area contributed by atoms with Gasteiger partial charge in [0.25, 0.3) is 0 Å². The summed E-state index contributed by atoms with van der Waals surface area (Å²) in [5.41, 5.74) is 4.19. The van der Waals surface area contributed by atoms with Crippen molar-refractivity contribution in [2.45, 2.75) is 25.3 Å². The van der Waals surface area contributed by atoms with Gasteiger partial charge in [0.2, 0.25) is 0 Å². The van der Waals surface area contributed by atoms with Gasteiger partial charge >= 0.3 is 0 Å². The molecular formula is C14H20N4. The number of hydrazine groups is 1. The molecule has 4 heteroatoms. The van der Waals surface area contributed by atoms with Gasteiger partial charge in [0.1, 0.15) is 5.82 Å². The standard InChI is InChI=1S/C14H20N4/c1-3-12(11-7-5-4-6-8-11)13(17-15)14-16-9-10-18(14)2/h4-10,12-13,17H,3,15H2,1-2H3. The predicted molar refractivity (Wildman–Crippen MR) is 72.7 cm³/mol. The zero-order chi connectivity index (χ0) is 13.0. The van der Waals surface area contributed by atoms with E-state index < -0.39 is 0 Å². The lowest BCUT2D eigenvalue weighted by molar-refractivity contribution is 0.416. The summed E-state index contributed by atoms with van der Waals surface area (Å²) in [6.07, 6.45) is 4.75. The lowest BCUT2D eigenvalue weighted by Gasteiger charge is -2.25. The SMILES string of the molecule is CCC(c1ccccc1)C(NN)c1nccn1C. The van der Waals surface area contributed by atoms with E-state index in [1.54, 1.807) is 6.20 Å². The molecule has 0 aliphatic carbocycles. The molecule has 96 valence electrons. The molecule has 1 aromatic heterocycles. The van der Waals surface area contributed by atoms with Crippen LogP contribution in [0.2, 0.25) is 0 Å². The molecule has 2 unspecified atom stereocenters. The maximum Gasteiger partial charge on any atom is 0.127 e. The van der Waals surface area contributed by atoms with Crippen LogP contribution in [0.5, 0.6) is 0 Å². The van der Waals surface area contributed by atoms with Crippen molar-refractivity contribution in [1.29, 1.82) is 0 Å². The first-order chi connectivity index (χ1) is 8.77. The van der Waals surface area contributed by atoms with Crippen molar-refractivity contribution in [3.63, 3.8) is 0 Å². The third-order valence-corrected chi connectivity index (χ3v) is 3.39. The lowest BCUT2D eigenvalue weighted by atomic mass is 9.89. The number of hydrogen-bond donors (Lipinski definition) is 2. The van der Waals surface area contributed by atoms with Gasteiger partial charge in [-0.05, 0) is 12.0 Å². The molecule has 0 amide bonds. The van der Waals surface area contributed by atoms with Crippen molar-refractivity contribution in [1.82, 2.24) is 15.0 Å². The first kappa shape index (κ1) is 12.8. The van der Waals surface area contributed by atoms with Gasteiger partial charge < -0.3 is 4.57 Å². The van der Waals surface area contributed by atoms with Gasteiger partial charge in [-0.2, -0.15) is 0 Å². The van der Waals surface area contributed by atoms with Crippen LogP contribution in [-0.4, -0.2) is 9.55 Å². The number of nitrogens with two attached hydrogens (primary N) is 1. The molecule has 1 heterocycles. The Labute approximate surface area is 108 Å². The fraction of sp³-hybridized carbons (Fsp3) is 0.357. The third kappa shape index (κ3) is 2.44. The van der Waals surface area contributed by atoms with Gasteiger partial charge in [-0.3, -0.25) is 5.84 Å². The summed E-state index contributed by atoms with van der Waals surface area (Å²) < 4.78 is 2.01. The molecule has 2 atom stereocenters. The molecule has 18 heavy (non-hydrogen) atoms. The van der Waals surface area contributed by atoms with Crippen LogP contribution in [0, 0.1) is 0 Å². The van der Waals surface area contributed by atoms with Crippen LogP contribution in [0.3, 0.4) is 0 Å². The van der Waals surface area contributed by atoms with E-state index in [1.165, 1.54) is 5.56 Å². The normalized spacial score (nSPS) is 14.4. The Morgan fingerprint density at radius 3 is 2.56 bits per heavy atom. The van der Waals surface area contributed by atoms with E-state index in [-0.39, 0.29) is 6.04 Å². The molecule has 0 bridgehead atoms. The largest absolute Gasteiger partial charge is 0.337 e. The van der Waals surface area contributed by atoms with Crippen molar-refractivity contribution >= 4 is 0 Å². The van der Waals surface area contributed by atoms with Gasteiger partial charge in [-0.25, -0.2) is 10.4 Å². The fourth-order valence-corrected chi connectivity index (χ4v) is 2.41. The Hall–Kier alpha value is -1.65. The van der Waals surface area contributed by atoms with E-state index in [0.29, 0.717) is 5.92 Å². The van der Waals surface area contributed by atoms with Crippen molar-refractivity contribution in [3.05, 3.63) is 54.1 Å². The second-order valence-corrected chi connectivity index (χ2v) is 4.47. The molecule has 1 aromatic carbocycles. The van der Waals surface area contributed by atoms with E-state index in [1.807, 2.05) is 23.9 Å². The Kier molecular flexibility index (Phi) is 4.12.